The fourth-order valence-electron chi connectivity index (χ4n) is 4.60. The van der Waals surface area contributed by atoms with E-state index in [1.807, 2.05) is 18.2 Å². The smallest absolute Gasteiger partial charge is 0.362 e. The fraction of sp³-hybridized carbons (Fsp3) is 0.100. The van der Waals surface area contributed by atoms with Crippen molar-refractivity contribution < 1.29 is 14.0 Å². The molecule has 0 aliphatic carbocycles. The van der Waals surface area contributed by atoms with Gasteiger partial charge in [-0.05, 0) is 36.2 Å². The third-order valence-electron chi connectivity index (χ3n) is 6.53. The molecule has 0 saturated carbocycles. The van der Waals surface area contributed by atoms with Crippen LogP contribution in [-0.4, -0.2) is 42.6 Å². The molecule has 0 aliphatic rings. The van der Waals surface area contributed by atoms with Gasteiger partial charge in [0.2, 0.25) is 0 Å². The fourth-order valence-corrected chi connectivity index (χ4v) is 4.60. The maximum absolute atomic E-state index is 14.2. The Morgan fingerprint density at radius 2 is 1.86 bits per heavy atom. The summed E-state index contributed by atoms with van der Waals surface area (Å²) in [5.74, 6) is 6.10. The largest absolute Gasteiger partial charge is 0.467 e. The molecule has 4 aromatic heterocycles. The molecule has 0 saturated heterocycles. The molecule has 0 bridgehead atoms. The van der Waals surface area contributed by atoms with Gasteiger partial charge in [-0.3, -0.25) is 14.2 Å². The number of nitrogens with one attached hydrogen (secondary N) is 2. The Morgan fingerprint density at radius 3 is 2.62 bits per heavy atom. The van der Waals surface area contributed by atoms with E-state index >= 15 is 0 Å². The molecular weight excluding hydrogens is 534 g/mol. The Morgan fingerprint density at radius 1 is 1.07 bits per heavy atom. The predicted octanol–water partition coefficient (Wildman–Crippen LogP) is 2.12. The van der Waals surface area contributed by atoms with Gasteiger partial charge in [0, 0.05) is 24.0 Å². The number of amides is 1. The number of aromatic amines is 1. The summed E-state index contributed by atoms with van der Waals surface area (Å²) in [7, 11) is 1.48. The van der Waals surface area contributed by atoms with Crippen molar-refractivity contribution in [3.8, 4) is 23.5 Å². The topological polar surface area (TPSA) is 158 Å². The molecule has 206 valence electrons. The molecule has 0 spiro atoms. The first-order chi connectivity index (χ1) is 20.4. The zero-order valence-electron chi connectivity index (χ0n) is 22.6. The number of rotatable bonds is 5. The van der Waals surface area contributed by atoms with Crippen molar-refractivity contribution in [1.29, 1.82) is 0 Å². The van der Waals surface area contributed by atoms with Crippen molar-refractivity contribution in [3.63, 3.8) is 0 Å². The monoisotopic (exact) mass is 558 g/mol. The van der Waals surface area contributed by atoms with E-state index in [0.717, 1.165) is 0 Å². The number of carbonyl (C=O) groups is 1. The number of hydrogen-bond acceptors (Lipinski definition) is 8. The summed E-state index contributed by atoms with van der Waals surface area (Å²) in [6.07, 6.45) is 6.37. The van der Waals surface area contributed by atoms with Crippen molar-refractivity contribution in [1.82, 2.24) is 34.9 Å². The van der Waals surface area contributed by atoms with Crippen LogP contribution in [0, 0.1) is 11.8 Å². The molecule has 1 unspecified atom stereocenters. The van der Waals surface area contributed by atoms with Crippen LogP contribution in [0.4, 0.5) is 5.82 Å². The average Bonchev–Trinajstić information content (AvgIpc) is 3.36. The molecule has 4 heterocycles. The Hall–Kier alpha value is -6.09. The molecule has 1 amide bonds. The lowest BCUT2D eigenvalue weighted by atomic mass is 10.1. The van der Waals surface area contributed by atoms with Gasteiger partial charge in [-0.15, -0.1) is 4.52 Å². The number of anilines is 1. The number of para-hydroxylation sites is 1. The number of benzene rings is 2. The van der Waals surface area contributed by atoms with E-state index in [-0.39, 0.29) is 23.0 Å². The lowest BCUT2D eigenvalue weighted by molar-refractivity contribution is -0.577. The summed E-state index contributed by atoms with van der Waals surface area (Å²) < 4.78 is 8.05. The van der Waals surface area contributed by atoms with Gasteiger partial charge >= 0.3 is 11.7 Å². The van der Waals surface area contributed by atoms with Crippen LogP contribution >= 0.6 is 0 Å². The third kappa shape index (κ3) is 4.75. The number of H-pyrrole nitrogens is 1. The van der Waals surface area contributed by atoms with E-state index in [1.165, 1.54) is 11.7 Å². The third-order valence-corrected chi connectivity index (χ3v) is 6.53. The zero-order chi connectivity index (χ0) is 29.2. The van der Waals surface area contributed by atoms with Crippen molar-refractivity contribution in [2.75, 3.05) is 12.8 Å². The molecule has 4 N–H and O–H groups in total. The minimum atomic E-state index is -0.695. The summed E-state index contributed by atoms with van der Waals surface area (Å²) in [4.78, 5) is 44.9. The quantitative estimate of drug-likeness (QED) is 0.214. The molecule has 2 aromatic carbocycles. The summed E-state index contributed by atoms with van der Waals surface area (Å²) >= 11 is 0. The second-order valence-electron chi connectivity index (χ2n) is 9.26. The van der Waals surface area contributed by atoms with Gasteiger partial charge in [-0.25, -0.2) is 20.1 Å². The van der Waals surface area contributed by atoms with Crippen molar-refractivity contribution in [3.05, 3.63) is 112 Å². The number of carbonyl (C=O) groups excluding carboxylic acids is 1. The Bertz CT molecular complexity index is 2080. The van der Waals surface area contributed by atoms with Gasteiger partial charge in [0.25, 0.3) is 11.5 Å². The maximum Gasteiger partial charge on any atom is 0.362 e. The van der Waals surface area contributed by atoms with E-state index in [4.69, 9.17) is 15.5 Å². The average molecular weight is 559 g/mol. The van der Waals surface area contributed by atoms with Crippen LogP contribution in [0.5, 0.6) is 6.01 Å². The molecule has 0 radical (unpaired) electrons. The number of aromatic nitrogens is 7. The number of methoxy groups -OCH3 is 1. The minimum Gasteiger partial charge on any atom is -0.467 e. The highest BCUT2D eigenvalue weighted by molar-refractivity contribution is 6.03. The van der Waals surface area contributed by atoms with Gasteiger partial charge in [0.15, 0.2) is 11.4 Å². The van der Waals surface area contributed by atoms with Gasteiger partial charge in [-0.2, -0.15) is 0 Å². The van der Waals surface area contributed by atoms with Crippen LogP contribution < -0.4 is 25.9 Å². The SMILES string of the molecule is COc1ncc(C#Cc2cccc3nc(C(C)NC(=O)c4c(N)[nH][n+]5cccnc45)n(-c4ccccc4)c(=O)c23)cn1. The number of nitrogens with zero attached hydrogens (tertiary/aromatic N) is 6. The standard InChI is InChI=1S/C30H23N9O3/c1-18(35-28(40)24-25(31)37-38-15-7-14-32-27(24)38)26-36-22-11-6-8-20(13-12-19-16-33-30(42-2)34-17-19)23(22)29(41)39(26)21-9-4-3-5-10-21/h3-11,14-18H,1-2H3,(H3,31,35,37,40)/p+1. The zero-order valence-corrected chi connectivity index (χ0v) is 22.6. The number of nitrogen functional groups attached to an aromatic ring is 1. The molecule has 0 fully saturated rings. The second kappa shape index (κ2) is 10.8. The van der Waals surface area contributed by atoms with Crippen LogP contribution in [0.1, 0.15) is 40.3 Å². The summed E-state index contributed by atoms with van der Waals surface area (Å²) in [6.45, 7) is 1.75. The molecule has 1 atom stereocenters. The number of ether oxygens (including phenoxy) is 1. The van der Waals surface area contributed by atoms with Crippen molar-refractivity contribution >= 4 is 28.3 Å². The number of nitrogens with two attached hydrogens (primary N) is 1. The molecule has 6 aromatic rings. The molecule has 6 rings (SSSR count). The van der Waals surface area contributed by atoms with Crippen LogP contribution in [0.3, 0.4) is 0 Å². The highest BCUT2D eigenvalue weighted by Crippen LogP contribution is 2.21. The number of hydrogen-bond donors (Lipinski definition) is 3. The Balaban J connectivity index is 1.46. The Labute approximate surface area is 238 Å². The van der Waals surface area contributed by atoms with Crippen LogP contribution in [-0.2, 0) is 0 Å². The predicted molar refractivity (Wildman–Crippen MR) is 154 cm³/mol. The van der Waals surface area contributed by atoms with Gasteiger partial charge in [-0.1, -0.05) is 36.1 Å². The van der Waals surface area contributed by atoms with Crippen molar-refractivity contribution in [2.24, 2.45) is 0 Å². The van der Waals surface area contributed by atoms with Crippen molar-refractivity contribution in [2.45, 2.75) is 13.0 Å². The van der Waals surface area contributed by atoms with Crippen LogP contribution in [0.25, 0.3) is 22.2 Å². The lowest BCUT2D eigenvalue weighted by Gasteiger charge is -2.19. The van der Waals surface area contributed by atoms with E-state index in [1.54, 1.807) is 72.6 Å². The normalized spacial score (nSPS) is 11.6. The van der Waals surface area contributed by atoms with Gasteiger partial charge < -0.3 is 15.8 Å². The molecule has 12 nitrogen and oxygen atoms in total. The minimum absolute atomic E-state index is 0.163. The first kappa shape index (κ1) is 26.1. The first-order valence-electron chi connectivity index (χ1n) is 12.9. The lowest BCUT2D eigenvalue weighted by Crippen LogP contribution is -2.34. The summed E-state index contributed by atoms with van der Waals surface area (Å²) in [6, 6.07) is 15.6. The van der Waals surface area contributed by atoms with Gasteiger partial charge in [0.05, 0.1) is 35.3 Å². The first-order valence-corrected chi connectivity index (χ1v) is 12.9. The number of fused-ring (bicyclic) bond motifs is 2. The van der Waals surface area contributed by atoms with Crippen LogP contribution in [0.15, 0.2) is 84.2 Å². The molecule has 12 heteroatoms. The summed E-state index contributed by atoms with van der Waals surface area (Å²) in [5, 5.41) is 6.18. The van der Waals surface area contributed by atoms with E-state index in [2.05, 4.69) is 37.2 Å². The summed E-state index contributed by atoms with van der Waals surface area (Å²) in [5.41, 5.74) is 8.41. The van der Waals surface area contributed by atoms with E-state index in [9.17, 15) is 9.59 Å². The second-order valence-corrected chi connectivity index (χ2v) is 9.26. The molecule has 42 heavy (non-hydrogen) atoms. The molecule has 0 aliphatic heterocycles. The highest BCUT2D eigenvalue weighted by atomic mass is 16.5. The molecular formula is C30H24N9O3+. The maximum atomic E-state index is 14.2. The van der Waals surface area contributed by atoms with Gasteiger partial charge in [0.1, 0.15) is 18.2 Å². The Kier molecular flexibility index (Phi) is 6.74. The highest BCUT2D eigenvalue weighted by Gasteiger charge is 2.27. The van der Waals surface area contributed by atoms with E-state index < -0.39 is 11.9 Å². The van der Waals surface area contributed by atoms with E-state index in [0.29, 0.717) is 39.2 Å². The van der Waals surface area contributed by atoms with Crippen LogP contribution in [0.2, 0.25) is 0 Å².